The van der Waals surface area contributed by atoms with Crippen molar-refractivity contribution in [2.24, 2.45) is 0 Å². The summed E-state index contributed by atoms with van der Waals surface area (Å²) in [6.45, 7) is 0.00328. The standard InChI is InChI=1S/C19H16N4O4/c24-18(14-9-13(27-23-14)8-12-4-2-1-3-5-12)22-16-11-26-17-6-7-20-10-15(17)21-19(16)25/h1-7,9-10,16H,8,11H2,(H,21,25)(H,22,24). The number of hydrogen-bond donors (Lipinski definition) is 2. The van der Waals surface area contributed by atoms with Gasteiger partial charge in [-0.05, 0) is 5.56 Å². The van der Waals surface area contributed by atoms with Crippen LogP contribution in [0.4, 0.5) is 5.69 Å². The summed E-state index contributed by atoms with van der Waals surface area (Å²) in [6.07, 6.45) is 3.58. The lowest BCUT2D eigenvalue weighted by atomic mass is 10.1. The molecule has 0 bridgehead atoms. The summed E-state index contributed by atoms with van der Waals surface area (Å²) in [5.74, 6) is 0.169. The largest absolute Gasteiger partial charge is 0.489 e. The molecule has 2 N–H and O–H groups in total. The fraction of sp³-hybridized carbons (Fsp3) is 0.158. The van der Waals surface area contributed by atoms with Crippen molar-refractivity contribution in [3.63, 3.8) is 0 Å². The first-order valence-electron chi connectivity index (χ1n) is 8.37. The summed E-state index contributed by atoms with van der Waals surface area (Å²) >= 11 is 0. The van der Waals surface area contributed by atoms with Gasteiger partial charge >= 0.3 is 0 Å². The fourth-order valence-corrected chi connectivity index (χ4v) is 2.71. The van der Waals surface area contributed by atoms with Gasteiger partial charge in [-0.3, -0.25) is 14.6 Å². The third-order valence-corrected chi connectivity index (χ3v) is 4.08. The lowest BCUT2D eigenvalue weighted by molar-refractivity contribution is -0.118. The van der Waals surface area contributed by atoms with E-state index in [1.54, 1.807) is 18.3 Å². The number of nitrogens with zero attached hydrogens (tertiary/aromatic N) is 2. The molecule has 4 rings (SSSR count). The van der Waals surface area contributed by atoms with Crippen LogP contribution >= 0.6 is 0 Å². The number of hydrogen-bond acceptors (Lipinski definition) is 6. The third-order valence-electron chi connectivity index (χ3n) is 4.08. The number of nitrogens with one attached hydrogen (secondary N) is 2. The van der Waals surface area contributed by atoms with E-state index in [9.17, 15) is 9.59 Å². The number of carbonyl (C=O) groups excluding carboxylic acids is 2. The highest BCUT2D eigenvalue weighted by Crippen LogP contribution is 2.25. The van der Waals surface area contributed by atoms with E-state index in [-0.39, 0.29) is 18.2 Å². The Morgan fingerprint density at radius 2 is 2.11 bits per heavy atom. The van der Waals surface area contributed by atoms with Crippen LogP contribution in [0.2, 0.25) is 0 Å². The van der Waals surface area contributed by atoms with Crippen LogP contribution in [0.15, 0.2) is 59.4 Å². The van der Waals surface area contributed by atoms with Crippen molar-refractivity contribution in [3.8, 4) is 5.75 Å². The molecule has 0 radical (unpaired) electrons. The third kappa shape index (κ3) is 3.79. The Morgan fingerprint density at radius 3 is 2.96 bits per heavy atom. The summed E-state index contributed by atoms with van der Waals surface area (Å²) < 4.78 is 10.8. The van der Waals surface area contributed by atoms with E-state index in [1.165, 1.54) is 6.20 Å². The Labute approximate surface area is 154 Å². The summed E-state index contributed by atoms with van der Waals surface area (Å²) in [4.78, 5) is 28.7. The van der Waals surface area contributed by atoms with Crippen LogP contribution in [-0.2, 0) is 11.2 Å². The normalized spacial score (nSPS) is 15.9. The van der Waals surface area contributed by atoms with E-state index in [4.69, 9.17) is 9.26 Å². The van der Waals surface area contributed by atoms with Crippen molar-refractivity contribution in [2.45, 2.75) is 12.5 Å². The lowest BCUT2D eigenvalue weighted by Crippen LogP contribution is -2.46. The zero-order valence-electron chi connectivity index (χ0n) is 14.2. The molecule has 8 nitrogen and oxygen atoms in total. The molecular weight excluding hydrogens is 348 g/mol. The molecule has 1 aliphatic rings. The highest BCUT2D eigenvalue weighted by molar-refractivity contribution is 6.01. The number of rotatable bonds is 4. The van der Waals surface area contributed by atoms with Crippen molar-refractivity contribution >= 4 is 17.5 Å². The highest BCUT2D eigenvalue weighted by atomic mass is 16.5. The van der Waals surface area contributed by atoms with Gasteiger partial charge in [-0.25, -0.2) is 0 Å². The van der Waals surface area contributed by atoms with Crippen molar-refractivity contribution in [2.75, 3.05) is 11.9 Å². The zero-order valence-corrected chi connectivity index (χ0v) is 14.2. The molecular formula is C19H16N4O4. The minimum Gasteiger partial charge on any atom is -0.489 e. The van der Waals surface area contributed by atoms with Crippen LogP contribution in [0.25, 0.3) is 0 Å². The van der Waals surface area contributed by atoms with Gasteiger partial charge in [-0.1, -0.05) is 35.5 Å². The molecule has 2 amide bonds. The van der Waals surface area contributed by atoms with Crippen LogP contribution in [-0.4, -0.2) is 34.6 Å². The SMILES string of the molecule is O=C(NC1COc2ccncc2NC1=O)c1cc(Cc2ccccc2)on1. The first-order valence-corrected chi connectivity index (χ1v) is 8.37. The number of pyridine rings is 1. The summed E-state index contributed by atoms with van der Waals surface area (Å²) in [6, 6.07) is 12.1. The number of amides is 2. The molecule has 0 spiro atoms. The molecule has 1 aliphatic heterocycles. The predicted octanol–water partition coefficient (Wildman–Crippen LogP) is 1.79. The van der Waals surface area contributed by atoms with Crippen LogP contribution < -0.4 is 15.4 Å². The second kappa shape index (κ2) is 7.28. The summed E-state index contributed by atoms with van der Waals surface area (Å²) in [5, 5.41) is 9.10. The monoisotopic (exact) mass is 364 g/mol. The number of aromatic nitrogens is 2. The maximum atomic E-state index is 12.4. The molecule has 136 valence electrons. The number of fused-ring (bicyclic) bond motifs is 1. The van der Waals surface area contributed by atoms with Gasteiger partial charge in [0.25, 0.3) is 11.8 Å². The van der Waals surface area contributed by atoms with Gasteiger partial charge in [0.05, 0.1) is 6.20 Å². The minimum absolute atomic E-state index is 0.00328. The molecule has 1 atom stereocenters. The first-order chi connectivity index (χ1) is 13.2. The number of benzene rings is 1. The Kier molecular flexibility index (Phi) is 4.52. The van der Waals surface area contributed by atoms with E-state index in [0.717, 1.165) is 5.56 Å². The lowest BCUT2D eigenvalue weighted by Gasteiger charge is -2.13. The maximum absolute atomic E-state index is 12.4. The van der Waals surface area contributed by atoms with Gasteiger partial charge in [-0.15, -0.1) is 0 Å². The highest BCUT2D eigenvalue weighted by Gasteiger charge is 2.27. The van der Waals surface area contributed by atoms with E-state index in [0.29, 0.717) is 23.6 Å². The van der Waals surface area contributed by atoms with Crippen molar-refractivity contribution in [1.29, 1.82) is 0 Å². The Bertz CT molecular complexity index is 971. The minimum atomic E-state index is -0.862. The zero-order chi connectivity index (χ0) is 18.6. The van der Waals surface area contributed by atoms with Gasteiger partial charge in [-0.2, -0.15) is 0 Å². The molecule has 0 saturated carbocycles. The van der Waals surface area contributed by atoms with Gasteiger partial charge in [0.1, 0.15) is 29.8 Å². The van der Waals surface area contributed by atoms with Gasteiger partial charge in [0.2, 0.25) is 0 Å². The average Bonchev–Trinajstić information content (AvgIpc) is 3.09. The second-order valence-corrected chi connectivity index (χ2v) is 6.04. The average molecular weight is 364 g/mol. The van der Waals surface area contributed by atoms with E-state index >= 15 is 0 Å². The van der Waals surface area contributed by atoms with Gasteiger partial charge in [0, 0.05) is 24.8 Å². The number of ether oxygens (including phenoxy) is 1. The Balaban J connectivity index is 1.41. The van der Waals surface area contributed by atoms with Crippen LogP contribution in [0.1, 0.15) is 21.8 Å². The molecule has 0 fully saturated rings. The van der Waals surface area contributed by atoms with Crippen LogP contribution in [0, 0.1) is 0 Å². The van der Waals surface area contributed by atoms with E-state index in [1.807, 2.05) is 30.3 Å². The smallest absolute Gasteiger partial charge is 0.274 e. The first kappa shape index (κ1) is 16.8. The summed E-state index contributed by atoms with van der Waals surface area (Å²) in [7, 11) is 0. The van der Waals surface area contributed by atoms with Crippen LogP contribution in [0.3, 0.4) is 0 Å². The van der Waals surface area contributed by atoms with Crippen molar-refractivity contribution < 1.29 is 18.8 Å². The molecule has 3 heterocycles. The van der Waals surface area contributed by atoms with E-state index < -0.39 is 11.9 Å². The molecule has 8 heteroatoms. The van der Waals surface area contributed by atoms with Crippen molar-refractivity contribution in [3.05, 3.63) is 71.9 Å². The Morgan fingerprint density at radius 1 is 1.26 bits per heavy atom. The molecule has 0 aliphatic carbocycles. The van der Waals surface area contributed by atoms with Gasteiger partial charge in [0.15, 0.2) is 5.69 Å². The fourth-order valence-electron chi connectivity index (χ4n) is 2.71. The Hall–Kier alpha value is -3.68. The molecule has 1 aromatic carbocycles. The maximum Gasteiger partial charge on any atom is 0.274 e. The van der Waals surface area contributed by atoms with Crippen LogP contribution in [0.5, 0.6) is 5.75 Å². The van der Waals surface area contributed by atoms with Gasteiger partial charge < -0.3 is 19.9 Å². The molecule has 0 saturated heterocycles. The van der Waals surface area contributed by atoms with Crippen molar-refractivity contribution in [1.82, 2.24) is 15.5 Å². The quantitative estimate of drug-likeness (QED) is 0.731. The second-order valence-electron chi connectivity index (χ2n) is 6.04. The summed E-state index contributed by atoms with van der Waals surface area (Å²) in [5.41, 5.74) is 1.62. The molecule has 27 heavy (non-hydrogen) atoms. The predicted molar refractivity (Wildman–Crippen MR) is 95.4 cm³/mol. The topological polar surface area (TPSA) is 106 Å². The number of carbonyl (C=O) groups is 2. The molecule has 3 aromatic rings. The molecule has 1 unspecified atom stereocenters. The number of anilines is 1. The van der Waals surface area contributed by atoms with E-state index in [2.05, 4.69) is 20.8 Å². The molecule has 2 aromatic heterocycles.